The minimum Gasteiger partial charge on any atom is -0.491 e. The van der Waals surface area contributed by atoms with Crippen LogP contribution in [0.3, 0.4) is 0 Å². The van der Waals surface area contributed by atoms with Crippen molar-refractivity contribution in [1.29, 1.82) is 5.26 Å². The molecule has 0 saturated heterocycles. The van der Waals surface area contributed by atoms with E-state index in [-0.39, 0.29) is 6.61 Å². The topological polar surface area (TPSA) is 65.3 Å². The predicted octanol–water partition coefficient (Wildman–Crippen LogP) is 2.32. The number of nitriles is 1. The standard InChI is InChI=1S/C16H24N2O2/c1-13(2)5-4-8-18-11-15(19)12-20-16-7-3-6-14(9-16)10-17/h3,6-7,9,13,15,18-19H,4-5,8,11-12H2,1-2H3. The van der Waals surface area contributed by atoms with Gasteiger partial charge in [0.05, 0.1) is 11.6 Å². The second-order valence-corrected chi connectivity index (χ2v) is 5.34. The van der Waals surface area contributed by atoms with Gasteiger partial charge >= 0.3 is 0 Å². The van der Waals surface area contributed by atoms with Crippen LogP contribution in [-0.2, 0) is 0 Å². The number of hydrogen-bond donors (Lipinski definition) is 2. The van der Waals surface area contributed by atoms with Gasteiger partial charge in [-0.3, -0.25) is 0 Å². The average molecular weight is 276 g/mol. The molecule has 0 aliphatic rings. The van der Waals surface area contributed by atoms with E-state index in [2.05, 4.69) is 25.2 Å². The Morgan fingerprint density at radius 1 is 1.40 bits per heavy atom. The van der Waals surface area contributed by atoms with E-state index in [1.165, 1.54) is 6.42 Å². The number of benzene rings is 1. The monoisotopic (exact) mass is 276 g/mol. The zero-order valence-electron chi connectivity index (χ0n) is 12.3. The molecule has 4 nitrogen and oxygen atoms in total. The van der Waals surface area contributed by atoms with Crippen LogP contribution in [0, 0.1) is 17.2 Å². The fraction of sp³-hybridized carbons (Fsp3) is 0.562. The third-order valence-electron chi connectivity index (χ3n) is 2.92. The van der Waals surface area contributed by atoms with Crippen LogP contribution in [0.1, 0.15) is 32.3 Å². The van der Waals surface area contributed by atoms with Crippen LogP contribution in [0.15, 0.2) is 24.3 Å². The van der Waals surface area contributed by atoms with Gasteiger partial charge in [0.1, 0.15) is 18.5 Å². The maximum atomic E-state index is 9.79. The minimum absolute atomic E-state index is 0.228. The lowest BCUT2D eigenvalue weighted by molar-refractivity contribution is 0.106. The number of nitrogens with one attached hydrogen (secondary N) is 1. The van der Waals surface area contributed by atoms with Gasteiger partial charge in [0.25, 0.3) is 0 Å². The summed E-state index contributed by atoms with van der Waals surface area (Å²) in [5.74, 6) is 1.33. The van der Waals surface area contributed by atoms with Gasteiger partial charge < -0.3 is 15.2 Å². The molecular formula is C16H24N2O2. The molecule has 4 heteroatoms. The molecule has 1 unspecified atom stereocenters. The first kappa shape index (κ1) is 16.5. The quantitative estimate of drug-likeness (QED) is 0.679. The van der Waals surface area contributed by atoms with E-state index in [4.69, 9.17) is 10.00 Å². The molecule has 0 aliphatic heterocycles. The Kier molecular flexibility index (Phi) is 7.71. The fourth-order valence-electron chi connectivity index (χ4n) is 1.81. The third-order valence-corrected chi connectivity index (χ3v) is 2.92. The summed E-state index contributed by atoms with van der Waals surface area (Å²) in [6.07, 6.45) is 1.77. The Morgan fingerprint density at radius 2 is 2.20 bits per heavy atom. The van der Waals surface area contributed by atoms with Crippen LogP contribution >= 0.6 is 0 Å². The van der Waals surface area contributed by atoms with Crippen LogP contribution < -0.4 is 10.1 Å². The molecule has 20 heavy (non-hydrogen) atoms. The average Bonchev–Trinajstić information content (AvgIpc) is 2.44. The minimum atomic E-state index is -0.542. The normalized spacial score (nSPS) is 12.2. The highest BCUT2D eigenvalue weighted by molar-refractivity contribution is 5.36. The molecular weight excluding hydrogens is 252 g/mol. The maximum Gasteiger partial charge on any atom is 0.120 e. The molecule has 0 aromatic heterocycles. The zero-order valence-corrected chi connectivity index (χ0v) is 12.3. The van der Waals surface area contributed by atoms with Crippen LogP contribution in [0.2, 0.25) is 0 Å². The smallest absolute Gasteiger partial charge is 0.120 e. The van der Waals surface area contributed by atoms with Crippen molar-refractivity contribution < 1.29 is 9.84 Å². The van der Waals surface area contributed by atoms with Crippen molar-refractivity contribution in [3.05, 3.63) is 29.8 Å². The first-order chi connectivity index (χ1) is 9.61. The molecule has 110 valence electrons. The molecule has 2 N–H and O–H groups in total. The molecule has 0 amide bonds. The van der Waals surface area contributed by atoms with Crippen molar-refractivity contribution in [2.24, 2.45) is 5.92 Å². The molecule has 0 saturated carbocycles. The van der Waals surface area contributed by atoms with Crippen molar-refractivity contribution in [3.8, 4) is 11.8 Å². The number of aliphatic hydroxyl groups is 1. The van der Waals surface area contributed by atoms with Crippen molar-refractivity contribution >= 4 is 0 Å². The summed E-state index contributed by atoms with van der Waals surface area (Å²) in [7, 11) is 0. The summed E-state index contributed by atoms with van der Waals surface area (Å²) in [6, 6.07) is 9.00. The number of hydrogen-bond acceptors (Lipinski definition) is 4. The Morgan fingerprint density at radius 3 is 2.90 bits per heavy atom. The Bertz CT molecular complexity index is 427. The summed E-state index contributed by atoms with van der Waals surface area (Å²) >= 11 is 0. The number of ether oxygens (including phenoxy) is 1. The molecule has 0 fully saturated rings. The van der Waals surface area contributed by atoms with Crippen LogP contribution in [0.5, 0.6) is 5.75 Å². The van der Waals surface area contributed by atoms with Gasteiger partial charge in [0.15, 0.2) is 0 Å². The maximum absolute atomic E-state index is 9.79. The van der Waals surface area contributed by atoms with Crippen molar-refractivity contribution in [1.82, 2.24) is 5.32 Å². The van der Waals surface area contributed by atoms with E-state index in [0.29, 0.717) is 17.9 Å². The molecule has 1 rings (SSSR count). The summed E-state index contributed by atoms with van der Waals surface area (Å²) in [5.41, 5.74) is 0.559. The summed E-state index contributed by atoms with van der Waals surface area (Å²) < 4.78 is 5.46. The molecule has 0 aliphatic carbocycles. The molecule has 1 aromatic carbocycles. The zero-order chi connectivity index (χ0) is 14.8. The van der Waals surface area contributed by atoms with Crippen LogP contribution in [0.25, 0.3) is 0 Å². The van der Waals surface area contributed by atoms with Gasteiger partial charge in [-0.2, -0.15) is 5.26 Å². The lowest BCUT2D eigenvalue weighted by Crippen LogP contribution is -2.32. The van der Waals surface area contributed by atoms with E-state index in [0.717, 1.165) is 18.9 Å². The summed E-state index contributed by atoms with van der Waals surface area (Å²) in [5, 5.41) is 21.8. The van der Waals surface area contributed by atoms with E-state index < -0.39 is 6.10 Å². The van der Waals surface area contributed by atoms with E-state index >= 15 is 0 Å². The molecule has 0 heterocycles. The van der Waals surface area contributed by atoms with Crippen molar-refractivity contribution in [2.75, 3.05) is 19.7 Å². The van der Waals surface area contributed by atoms with Crippen LogP contribution in [0.4, 0.5) is 0 Å². The molecule has 1 aromatic rings. The molecule has 0 radical (unpaired) electrons. The van der Waals surface area contributed by atoms with E-state index in [9.17, 15) is 5.11 Å². The summed E-state index contributed by atoms with van der Waals surface area (Å²) in [6.45, 7) is 6.08. The number of aliphatic hydroxyl groups excluding tert-OH is 1. The Balaban J connectivity index is 2.16. The lowest BCUT2D eigenvalue weighted by Gasteiger charge is -2.13. The largest absolute Gasteiger partial charge is 0.491 e. The fourth-order valence-corrected chi connectivity index (χ4v) is 1.81. The second-order valence-electron chi connectivity index (χ2n) is 5.34. The molecule has 0 bridgehead atoms. The van der Waals surface area contributed by atoms with Crippen LogP contribution in [-0.4, -0.2) is 30.9 Å². The molecule has 1 atom stereocenters. The predicted molar refractivity (Wildman–Crippen MR) is 79.6 cm³/mol. The van der Waals surface area contributed by atoms with Gasteiger partial charge in [0, 0.05) is 6.54 Å². The van der Waals surface area contributed by atoms with Gasteiger partial charge in [-0.25, -0.2) is 0 Å². The lowest BCUT2D eigenvalue weighted by atomic mass is 10.1. The van der Waals surface area contributed by atoms with E-state index in [1.807, 2.05) is 0 Å². The first-order valence-corrected chi connectivity index (χ1v) is 7.13. The highest BCUT2D eigenvalue weighted by Crippen LogP contribution is 2.12. The Hall–Kier alpha value is -1.57. The van der Waals surface area contributed by atoms with Gasteiger partial charge in [-0.15, -0.1) is 0 Å². The highest BCUT2D eigenvalue weighted by atomic mass is 16.5. The van der Waals surface area contributed by atoms with Gasteiger partial charge in [-0.1, -0.05) is 19.9 Å². The summed E-state index contributed by atoms with van der Waals surface area (Å²) in [4.78, 5) is 0. The van der Waals surface area contributed by atoms with E-state index in [1.54, 1.807) is 24.3 Å². The second kappa shape index (κ2) is 9.35. The number of rotatable bonds is 9. The van der Waals surface area contributed by atoms with Gasteiger partial charge in [0.2, 0.25) is 0 Å². The number of nitrogens with zero attached hydrogens (tertiary/aromatic N) is 1. The highest BCUT2D eigenvalue weighted by Gasteiger charge is 2.05. The Labute approximate surface area is 121 Å². The SMILES string of the molecule is CC(C)CCCNCC(O)COc1cccc(C#N)c1. The van der Waals surface area contributed by atoms with Gasteiger partial charge in [-0.05, 0) is 43.5 Å². The van der Waals surface area contributed by atoms with Crippen molar-refractivity contribution in [3.63, 3.8) is 0 Å². The third kappa shape index (κ3) is 7.13. The molecule has 0 spiro atoms. The van der Waals surface area contributed by atoms with Crippen molar-refractivity contribution in [2.45, 2.75) is 32.8 Å². The first-order valence-electron chi connectivity index (χ1n) is 7.13.